The van der Waals surface area contributed by atoms with Gasteiger partial charge in [-0.25, -0.2) is 4.39 Å². The zero-order chi connectivity index (χ0) is 19.2. The lowest BCUT2D eigenvalue weighted by Gasteiger charge is -2.05. The van der Waals surface area contributed by atoms with Crippen LogP contribution in [0.2, 0.25) is 0 Å². The molecular weight excluding hydrogens is 383 g/mol. The van der Waals surface area contributed by atoms with Gasteiger partial charge >= 0.3 is 0 Å². The van der Waals surface area contributed by atoms with E-state index < -0.39 is 0 Å². The van der Waals surface area contributed by atoms with Crippen molar-refractivity contribution < 1.29 is 9.18 Å². The van der Waals surface area contributed by atoms with Gasteiger partial charge in [-0.1, -0.05) is 48.2 Å². The van der Waals surface area contributed by atoms with Crippen molar-refractivity contribution in [2.24, 2.45) is 0 Å². The molecule has 1 aromatic heterocycles. The van der Waals surface area contributed by atoms with Crippen molar-refractivity contribution in [3.8, 4) is 0 Å². The molecule has 27 heavy (non-hydrogen) atoms. The summed E-state index contributed by atoms with van der Waals surface area (Å²) in [6.45, 7) is 3.79. The van der Waals surface area contributed by atoms with Crippen LogP contribution in [0.15, 0.2) is 46.8 Å². The van der Waals surface area contributed by atoms with E-state index in [9.17, 15) is 9.18 Å². The summed E-state index contributed by atoms with van der Waals surface area (Å²) in [5.41, 5.74) is 3.20. The van der Waals surface area contributed by atoms with Gasteiger partial charge in [-0.05, 0) is 48.7 Å². The minimum Gasteiger partial charge on any atom is -0.330 e. The van der Waals surface area contributed by atoms with Gasteiger partial charge in [0.15, 0.2) is 4.34 Å². The molecule has 0 unspecified atom stereocenters. The Morgan fingerprint density at radius 1 is 1.15 bits per heavy atom. The van der Waals surface area contributed by atoms with Crippen LogP contribution in [0.5, 0.6) is 0 Å². The van der Waals surface area contributed by atoms with E-state index in [1.165, 1.54) is 34.7 Å². The fraction of sp³-hybridized carbons (Fsp3) is 0.211. The van der Waals surface area contributed by atoms with E-state index in [0.29, 0.717) is 20.7 Å². The van der Waals surface area contributed by atoms with Gasteiger partial charge in [-0.15, -0.1) is 10.2 Å². The van der Waals surface area contributed by atoms with Crippen LogP contribution in [0.1, 0.15) is 18.1 Å². The number of hydrogen-bond acceptors (Lipinski definition) is 6. The van der Waals surface area contributed by atoms with Gasteiger partial charge in [0.1, 0.15) is 5.82 Å². The molecule has 0 aliphatic rings. The van der Waals surface area contributed by atoms with Crippen molar-refractivity contribution in [2.45, 2.75) is 24.6 Å². The largest absolute Gasteiger partial charge is 0.330 e. The Bertz CT molecular complexity index is 928. The smallest absolute Gasteiger partial charge is 0.234 e. The number of halogens is 1. The van der Waals surface area contributed by atoms with Crippen molar-refractivity contribution in [1.82, 2.24) is 10.2 Å². The van der Waals surface area contributed by atoms with Gasteiger partial charge in [0.05, 0.1) is 5.75 Å². The number of rotatable bonds is 7. The summed E-state index contributed by atoms with van der Waals surface area (Å²) in [6.07, 6.45) is 0.997. The van der Waals surface area contributed by atoms with Crippen molar-refractivity contribution in [3.05, 3.63) is 59.4 Å². The predicted molar refractivity (Wildman–Crippen MR) is 110 cm³/mol. The van der Waals surface area contributed by atoms with E-state index in [1.807, 2.05) is 12.1 Å². The molecule has 0 atom stereocenters. The quantitative estimate of drug-likeness (QED) is 0.543. The third-order valence-corrected chi connectivity index (χ3v) is 5.77. The fourth-order valence-corrected chi connectivity index (χ4v) is 3.83. The lowest BCUT2D eigenvalue weighted by Crippen LogP contribution is -2.14. The van der Waals surface area contributed by atoms with Crippen LogP contribution in [0.25, 0.3) is 0 Å². The second-order valence-corrected chi connectivity index (χ2v) is 8.05. The topological polar surface area (TPSA) is 66.9 Å². The van der Waals surface area contributed by atoms with Gasteiger partial charge in [0, 0.05) is 11.4 Å². The van der Waals surface area contributed by atoms with Gasteiger partial charge in [0.2, 0.25) is 11.0 Å². The van der Waals surface area contributed by atoms with E-state index in [-0.39, 0.29) is 17.5 Å². The highest BCUT2D eigenvalue weighted by Gasteiger charge is 2.09. The minimum absolute atomic E-state index is 0.176. The molecular formula is C19H19FN4OS2. The van der Waals surface area contributed by atoms with E-state index >= 15 is 0 Å². The maximum Gasteiger partial charge on any atom is 0.234 e. The first-order chi connectivity index (χ1) is 13.0. The second-order valence-electron chi connectivity index (χ2n) is 5.85. The Kier molecular flexibility index (Phi) is 6.41. The number of nitrogens with one attached hydrogen (secondary N) is 2. The summed E-state index contributed by atoms with van der Waals surface area (Å²) in [5, 5.41) is 14.7. The van der Waals surface area contributed by atoms with Crippen LogP contribution in [-0.4, -0.2) is 21.9 Å². The molecule has 0 aliphatic carbocycles. The van der Waals surface area contributed by atoms with Crippen molar-refractivity contribution >= 4 is 45.5 Å². The maximum absolute atomic E-state index is 13.5. The van der Waals surface area contributed by atoms with Crippen LogP contribution in [0.3, 0.4) is 0 Å². The number of aromatic nitrogens is 2. The molecule has 8 heteroatoms. The van der Waals surface area contributed by atoms with Crippen molar-refractivity contribution in [3.63, 3.8) is 0 Å². The maximum atomic E-state index is 13.5. The minimum atomic E-state index is -0.340. The normalized spacial score (nSPS) is 10.6. The highest BCUT2D eigenvalue weighted by molar-refractivity contribution is 8.01. The average molecular weight is 403 g/mol. The van der Waals surface area contributed by atoms with Crippen LogP contribution in [0.4, 0.5) is 20.9 Å². The second kappa shape index (κ2) is 8.96. The predicted octanol–water partition coefficient (Wildman–Crippen LogP) is 5.02. The number of nitrogens with zero attached hydrogens (tertiary/aromatic N) is 2. The molecule has 1 amide bonds. The molecule has 2 aromatic carbocycles. The van der Waals surface area contributed by atoms with Gasteiger partial charge < -0.3 is 10.6 Å². The molecule has 140 valence electrons. The van der Waals surface area contributed by atoms with Crippen molar-refractivity contribution in [1.29, 1.82) is 0 Å². The number of aryl methyl sites for hydroxylation is 2. The molecule has 3 aromatic rings. The summed E-state index contributed by atoms with van der Waals surface area (Å²) < 4.78 is 14.2. The molecule has 0 spiro atoms. The van der Waals surface area contributed by atoms with Crippen molar-refractivity contribution in [2.75, 3.05) is 16.4 Å². The highest BCUT2D eigenvalue weighted by Crippen LogP contribution is 2.28. The Balaban J connectivity index is 1.51. The molecule has 0 fully saturated rings. The van der Waals surface area contributed by atoms with Crippen LogP contribution in [-0.2, 0) is 11.2 Å². The Hall–Kier alpha value is -2.45. The number of hydrogen-bond donors (Lipinski definition) is 2. The number of thioether (sulfide) groups is 1. The monoisotopic (exact) mass is 402 g/mol. The molecule has 0 bridgehead atoms. The molecule has 0 saturated carbocycles. The Labute approximate surface area is 165 Å². The molecule has 5 nitrogen and oxygen atoms in total. The fourth-order valence-electron chi connectivity index (χ4n) is 2.26. The van der Waals surface area contributed by atoms with Gasteiger partial charge in [-0.3, -0.25) is 4.79 Å². The first-order valence-electron chi connectivity index (χ1n) is 8.41. The van der Waals surface area contributed by atoms with Gasteiger partial charge in [-0.2, -0.15) is 0 Å². The zero-order valence-corrected chi connectivity index (χ0v) is 16.6. The molecule has 0 aliphatic heterocycles. The summed E-state index contributed by atoms with van der Waals surface area (Å²) in [7, 11) is 0. The first kappa shape index (κ1) is 19.3. The zero-order valence-electron chi connectivity index (χ0n) is 15.0. The first-order valence-corrected chi connectivity index (χ1v) is 10.2. The third-order valence-electron chi connectivity index (χ3n) is 3.80. The summed E-state index contributed by atoms with van der Waals surface area (Å²) in [6, 6.07) is 12.8. The summed E-state index contributed by atoms with van der Waals surface area (Å²) in [4.78, 5) is 12.0. The molecule has 0 saturated heterocycles. The van der Waals surface area contributed by atoms with E-state index in [4.69, 9.17) is 0 Å². The standard InChI is InChI=1S/C19H19FN4OS2/c1-3-13-5-8-14(9-6-13)22-18-23-24-19(27-18)26-11-17(25)21-15-7-4-12(2)16(20)10-15/h4-10H,3,11H2,1-2H3,(H,21,25)(H,22,23). The lowest BCUT2D eigenvalue weighted by atomic mass is 10.1. The van der Waals surface area contributed by atoms with Crippen LogP contribution < -0.4 is 10.6 Å². The SMILES string of the molecule is CCc1ccc(Nc2nnc(SCC(=O)Nc3ccc(C)c(F)c3)s2)cc1. The van der Waals surface area contributed by atoms with E-state index in [1.54, 1.807) is 19.1 Å². The Morgan fingerprint density at radius 2 is 1.89 bits per heavy atom. The lowest BCUT2D eigenvalue weighted by molar-refractivity contribution is -0.113. The van der Waals surface area contributed by atoms with E-state index in [0.717, 1.165) is 12.1 Å². The molecule has 3 rings (SSSR count). The highest BCUT2D eigenvalue weighted by atomic mass is 32.2. The average Bonchev–Trinajstić information content (AvgIpc) is 3.11. The van der Waals surface area contributed by atoms with E-state index in [2.05, 4.69) is 39.9 Å². The molecule has 2 N–H and O–H groups in total. The van der Waals surface area contributed by atoms with Crippen LogP contribution >= 0.6 is 23.1 Å². The number of carbonyl (C=O) groups excluding carboxylic acids is 1. The number of anilines is 3. The molecule has 1 heterocycles. The summed E-state index contributed by atoms with van der Waals surface area (Å²) in [5.74, 6) is -0.384. The summed E-state index contributed by atoms with van der Waals surface area (Å²) >= 11 is 2.67. The number of benzene rings is 2. The number of carbonyl (C=O) groups is 1. The Morgan fingerprint density at radius 3 is 2.59 bits per heavy atom. The third kappa shape index (κ3) is 5.51. The molecule has 0 radical (unpaired) electrons. The number of amides is 1. The van der Waals surface area contributed by atoms with Crippen LogP contribution in [0, 0.1) is 12.7 Å². The van der Waals surface area contributed by atoms with Gasteiger partial charge in [0.25, 0.3) is 0 Å².